The van der Waals surface area contributed by atoms with Crippen LogP contribution in [0.25, 0.3) is 0 Å². The van der Waals surface area contributed by atoms with Gasteiger partial charge in [0.2, 0.25) is 0 Å². The number of hydrogen-bond acceptors (Lipinski definition) is 3. The van der Waals surface area contributed by atoms with E-state index >= 15 is 0 Å². The van der Waals surface area contributed by atoms with Gasteiger partial charge in [-0.15, -0.1) is 11.3 Å². The Morgan fingerprint density at radius 1 is 1.75 bits per heavy atom. The molecule has 0 spiro atoms. The summed E-state index contributed by atoms with van der Waals surface area (Å²) in [6, 6.07) is 0. The predicted molar refractivity (Wildman–Crippen MR) is 49.3 cm³/mol. The molecule has 0 aromatic carbocycles. The first kappa shape index (κ1) is 8.20. The Morgan fingerprint density at radius 2 is 2.42 bits per heavy atom. The van der Waals surface area contributed by atoms with Gasteiger partial charge in [-0.2, -0.15) is 0 Å². The second kappa shape index (κ2) is 2.82. The number of aliphatic hydroxyl groups is 1. The molecule has 3 heteroatoms. The van der Waals surface area contributed by atoms with Crippen molar-refractivity contribution in [1.82, 2.24) is 4.98 Å². The Bertz CT molecular complexity index is 282. The number of hydrogen-bond donors (Lipinski definition) is 1. The molecule has 12 heavy (non-hydrogen) atoms. The van der Waals surface area contributed by atoms with Gasteiger partial charge in [0.15, 0.2) is 0 Å². The SMILES string of the molecule is CC(O)c1csc(C2CC2C)n1. The number of aromatic nitrogens is 1. The van der Waals surface area contributed by atoms with E-state index in [4.69, 9.17) is 0 Å². The van der Waals surface area contributed by atoms with Crippen LogP contribution in [0.2, 0.25) is 0 Å². The highest BCUT2D eigenvalue weighted by atomic mass is 32.1. The minimum Gasteiger partial charge on any atom is -0.387 e. The van der Waals surface area contributed by atoms with Crippen molar-refractivity contribution in [3.8, 4) is 0 Å². The van der Waals surface area contributed by atoms with E-state index in [9.17, 15) is 5.11 Å². The largest absolute Gasteiger partial charge is 0.387 e. The van der Waals surface area contributed by atoms with Crippen LogP contribution >= 0.6 is 11.3 Å². The normalized spacial score (nSPS) is 30.2. The molecule has 66 valence electrons. The number of rotatable bonds is 2. The Labute approximate surface area is 76.3 Å². The molecule has 1 aromatic rings. The van der Waals surface area contributed by atoms with Crippen molar-refractivity contribution in [2.24, 2.45) is 5.92 Å². The van der Waals surface area contributed by atoms with Crippen LogP contribution in [0.15, 0.2) is 5.38 Å². The van der Waals surface area contributed by atoms with Crippen molar-refractivity contribution in [1.29, 1.82) is 0 Å². The van der Waals surface area contributed by atoms with Gasteiger partial charge in [-0.25, -0.2) is 4.98 Å². The van der Waals surface area contributed by atoms with Gasteiger partial charge < -0.3 is 5.11 Å². The van der Waals surface area contributed by atoms with E-state index < -0.39 is 6.10 Å². The van der Waals surface area contributed by atoms with Gasteiger partial charge in [-0.3, -0.25) is 0 Å². The molecule has 0 amide bonds. The third-order valence-electron chi connectivity index (χ3n) is 2.39. The molecular weight excluding hydrogens is 170 g/mol. The fraction of sp³-hybridized carbons (Fsp3) is 0.667. The van der Waals surface area contributed by atoms with Gasteiger partial charge in [-0.05, 0) is 19.3 Å². The van der Waals surface area contributed by atoms with Crippen LogP contribution in [0, 0.1) is 5.92 Å². The molecule has 1 aliphatic rings. The molecule has 0 aliphatic heterocycles. The zero-order chi connectivity index (χ0) is 8.72. The second-order valence-electron chi connectivity index (χ2n) is 3.61. The summed E-state index contributed by atoms with van der Waals surface area (Å²) in [5, 5.41) is 12.4. The van der Waals surface area contributed by atoms with Crippen LogP contribution in [0.3, 0.4) is 0 Å². The quantitative estimate of drug-likeness (QED) is 0.763. The molecule has 1 N–H and O–H groups in total. The zero-order valence-corrected chi connectivity index (χ0v) is 8.14. The fourth-order valence-electron chi connectivity index (χ4n) is 1.33. The minimum atomic E-state index is -0.413. The van der Waals surface area contributed by atoms with Crippen molar-refractivity contribution in [2.45, 2.75) is 32.3 Å². The average Bonchev–Trinajstić information content (AvgIpc) is 2.59. The lowest BCUT2D eigenvalue weighted by Crippen LogP contribution is -1.91. The minimum absolute atomic E-state index is 0.413. The summed E-state index contributed by atoms with van der Waals surface area (Å²) in [4.78, 5) is 4.39. The summed E-state index contributed by atoms with van der Waals surface area (Å²) < 4.78 is 0. The Hall–Kier alpha value is -0.410. The van der Waals surface area contributed by atoms with Gasteiger partial charge in [0.25, 0.3) is 0 Å². The van der Waals surface area contributed by atoms with Crippen molar-refractivity contribution >= 4 is 11.3 Å². The Balaban J connectivity index is 2.14. The molecule has 1 saturated carbocycles. The Morgan fingerprint density at radius 3 is 2.83 bits per heavy atom. The molecule has 0 bridgehead atoms. The zero-order valence-electron chi connectivity index (χ0n) is 7.32. The number of nitrogens with zero attached hydrogens (tertiary/aromatic N) is 1. The summed E-state index contributed by atoms with van der Waals surface area (Å²) in [7, 11) is 0. The molecule has 2 nitrogen and oxygen atoms in total. The van der Waals surface area contributed by atoms with Gasteiger partial charge in [0.1, 0.15) is 0 Å². The molecule has 1 aromatic heterocycles. The molecular formula is C9H13NOS. The van der Waals surface area contributed by atoms with Gasteiger partial charge in [0, 0.05) is 11.3 Å². The van der Waals surface area contributed by atoms with Crippen molar-refractivity contribution in [3.63, 3.8) is 0 Å². The number of thiazole rings is 1. The molecule has 1 heterocycles. The second-order valence-corrected chi connectivity index (χ2v) is 4.50. The maximum Gasteiger partial charge on any atom is 0.0963 e. The van der Waals surface area contributed by atoms with E-state index in [1.807, 2.05) is 5.38 Å². The fourth-order valence-corrected chi connectivity index (χ4v) is 2.48. The van der Waals surface area contributed by atoms with Crippen LogP contribution in [0.1, 0.15) is 43.0 Å². The van der Waals surface area contributed by atoms with Crippen molar-refractivity contribution < 1.29 is 5.11 Å². The van der Waals surface area contributed by atoms with Gasteiger partial charge >= 0.3 is 0 Å². The topological polar surface area (TPSA) is 33.1 Å². The molecule has 3 unspecified atom stereocenters. The van der Waals surface area contributed by atoms with Crippen LogP contribution in [-0.4, -0.2) is 10.1 Å². The first-order valence-electron chi connectivity index (χ1n) is 4.32. The maximum absolute atomic E-state index is 9.25. The summed E-state index contributed by atoms with van der Waals surface area (Å²) in [6.45, 7) is 4.00. The van der Waals surface area contributed by atoms with Crippen LogP contribution in [0.4, 0.5) is 0 Å². The van der Waals surface area contributed by atoms with Crippen LogP contribution < -0.4 is 0 Å². The first-order chi connectivity index (χ1) is 5.68. The van der Waals surface area contributed by atoms with E-state index in [2.05, 4.69) is 11.9 Å². The summed E-state index contributed by atoms with van der Waals surface area (Å²) in [5.74, 6) is 1.49. The summed E-state index contributed by atoms with van der Waals surface area (Å²) in [6.07, 6.45) is 0.858. The molecule has 0 saturated heterocycles. The van der Waals surface area contributed by atoms with Crippen LogP contribution in [0.5, 0.6) is 0 Å². The van der Waals surface area contributed by atoms with Crippen molar-refractivity contribution in [2.75, 3.05) is 0 Å². The maximum atomic E-state index is 9.25. The average molecular weight is 183 g/mol. The smallest absolute Gasteiger partial charge is 0.0963 e. The number of aliphatic hydroxyl groups excluding tert-OH is 1. The highest BCUT2D eigenvalue weighted by Gasteiger charge is 2.36. The molecule has 3 atom stereocenters. The molecule has 1 fully saturated rings. The first-order valence-corrected chi connectivity index (χ1v) is 5.20. The molecule has 2 rings (SSSR count). The highest BCUT2D eigenvalue weighted by molar-refractivity contribution is 7.09. The Kier molecular flexibility index (Phi) is 1.93. The molecule has 0 radical (unpaired) electrons. The standard InChI is InChI=1S/C9H13NOS/c1-5-3-7(5)9-10-8(4-12-9)6(2)11/h4-7,11H,3H2,1-2H3. The lowest BCUT2D eigenvalue weighted by Gasteiger charge is -1.95. The van der Waals surface area contributed by atoms with E-state index in [1.165, 1.54) is 11.4 Å². The monoisotopic (exact) mass is 183 g/mol. The lowest BCUT2D eigenvalue weighted by atomic mass is 10.3. The highest BCUT2D eigenvalue weighted by Crippen LogP contribution is 2.48. The van der Waals surface area contributed by atoms with E-state index in [0.717, 1.165) is 11.6 Å². The van der Waals surface area contributed by atoms with E-state index in [1.54, 1.807) is 18.3 Å². The van der Waals surface area contributed by atoms with E-state index in [-0.39, 0.29) is 0 Å². The third-order valence-corrected chi connectivity index (χ3v) is 3.39. The van der Waals surface area contributed by atoms with Gasteiger partial charge in [0.05, 0.1) is 16.8 Å². The third kappa shape index (κ3) is 1.39. The molecule has 1 aliphatic carbocycles. The predicted octanol–water partition coefficient (Wildman–Crippen LogP) is 2.32. The lowest BCUT2D eigenvalue weighted by molar-refractivity contribution is 0.195. The van der Waals surface area contributed by atoms with E-state index in [0.29, 0.717) is 5.92 Å². The van der Waals surface area contributed by atoms with Crippen LogP contribution in [-0.2, 0) is 0 Å². The summed E-state index contributed by atoms with van der Waals surface area (Å²) in [5.41, 5.74) is 0.828. The van der Waals surface area contributed by atoms with Gasteiger partial charge in [-0.1, -0.05) is 6.92 Å². The van der Waals surface area contributed by atoms with Crippen molar-refractivity contribution in [3.05, 3.63) is 16.1 Å². The summed E-state index contributed by atoms with van der Waals surface area (Å²) >= 11 is 1.68.